The molecule has 0 bridgehead atoms. The third kappa shape index (κ3) is 33.1. The molecule has 0 spiro atoms. The number of aliphatic hydroxyl groups is 3. The molecule has 0 rings (SSSR count). The number of carboxylic acids is 1. The number of methoxy groups -OCH3 is 1. The fourth-order valence-electron chi connectivity index (χ4n) is 1.14. The molecule has 10 nitrogen and oxygen atoms in total. The highest BCUT2D eigenvalue weighted by Gasteiger charge is 2.00. The van der Waals surface area contributed by atoms with Crippen LogP contribution in [0.25, 0.3) is 0 Å². The van der Waals surface area contributed by atoms with Gasteiger partial charge in [0.2, 0.25) is 0 Å². The van der Waals surface area contributed by atoms with E-state index in [4.69, 9.17) is 20.4 Å². The maximum absolute atomic E-state index is 10.2. The summed E-state index contributed by atoms with van der Waals surface area (Å²) in [7, 11) is 1.33. The third-order valence-corrected chi connectivity index (χ3v) is 2.60. The molecule has 0 aromatic rings. The number of aliphatic hydroxyl groups excluding tert-OH is 3. The van der Waals surface area contributed by atoms with Gasteiger partial charge in [-0.2, -0.15) is 0 Å². The number of nitrogens with zero attached hydrogens (tertiary/aromatic N) is 1. The molecule has 0 aromatic heterocycles. The lowest BCUT2D eigenvalue weighted by molar-refractivity contribution is -0.137. The standard InChI is InChI=1S/C6H15NO3.2C5H8O2.C4H6O2/c8-4-1-7(2-5-9)3-6-10;1-4(2)5(6)7-3;1-3-5(6)7-4-2;1-3(2)4(5)6/h8-10H,1-6H2;1H2,2-3H3;3H,1,4H2,2H3;1H2,2H3,(H,5,6). The summed E-state index contributed by atoms with van der Waals surface area (Å²) in [6, 6.07) is 0. The van der Waals surface area contributed by atoms with Crippen LogP contribution in [0.3, 0.4) is 0 Å². The molecule has 0 fully saturated rings. The van der Waals surface area contributed by atoms with Gasteiger partial charge in [0.15, 0.2) is 0 Å². The fraction of sp³-hybridized carbons (Fsp3) is 0.550. The topological polar surface area (TPSA) is 154 Å². The van der Waals surface area contributed by atoms with E-state index in [0.29, 0.717) is 31.8 Å². The average molecular weight is 436 g/mol. The highest BCUT2D eigenvalue weighted by molar-refractivity contribution is 5.86. The maximum Gasteiger partial charge on any atom is 0.332 e. The zero-order valence-electron chi connectivity index (χ0n) is 18.4. The van der Waals surface area contributed by atoms with Crippen molar-refractivity contribution >= 4 is 17.9 Å². The third-order valence-electron chi connectivity index (χ3n) is 2.60. The number of ether oxygens (including phenoxy) is 2. The smallest absolute Gasteiger partial charge is 0.332 e. The maximum atomic E-state index is 10.2. The van der Waals surface area contributed by atoms with Crippen LogP contribution in [0.4, 0.5) is 0 Å². The zero-order chi connectivity index (χ0) is 24.5. The van der Waals surface area contributed by atoms with Crippen molar-refractivity contribution in [2.45, 2.75) is 20.8 Å². The molecule has 0 aromatic carbocycles. The van der Waals surface area contributed by atoms with Crippen LogP contribution in [0.5, 0.6) is 0 Å². The van der Waals surface area contributed by atoms with Crippen LogP contribution in [0.1, 0.15) is 20.8 Å². The van der Waals surface area contributed by atoms with Crippen molar-refractivity contribution in [3.8, 4) is 0 Å². The predicted molar refractivity (Wildman–Crippen MR) is 114 cm³/mol. The molecule has 0 aliphatic rings. The summed E-state index contributed by atoms with van der Waals surface area (Å²) in [4.78, 5) is 31.7. The van der Waals surface area contributed by atoms with E-state index in [0.717, 1.165) is 6.08 Å². The number of esters is 2. The van der Waals surface area contributed by atoms with Crippen molar-refractivity contribution in [2.75, 3.05) is 53.2 Å². The number of rotatable bonds is 10. The molecule has 0 radical (unpaired) electrons. The van der Waals surface area contributed by atoms with E-state index in [9.17, 15) is 14.4 Å². The Morgan fingerprint density at radius 3 is 1.40 bits per heavy atom. The van der Waals surface area contributed by atoms with Crippen molar-refractivity contribution in [1.82, 2.24) is 4.90 Å². The lowest BCUT2D eigenvalue weighted by Crippen LogP contribution is -2.32. The van der Waals surface area contributed by atoms with Crippen LogP contribution in [-0.2, 0) is 23.9 Å². The van der Waals surface area contributed by atoms with E-state index in [1.54, 1.807) is 18.7 Å². The van der Waals surface area contributed by atoms with Crippen molar-refractivity contribution in [1.29, 1.82) is 0 Å². The molecule has 0 atom stereocenters. The number of carbonyl (C=O) groups excluding carboxylic acids is 2. The van der Waals surface area contributed by atoms with Gasteiger partial charge in [0.05, 0.1) is 33.5 Å². The van der Waals surface area contributed by atoms with Crippen molar-refractivity contribution in [2.24, 2.45) is 0 Å². The molecule has 0 saturated heterocycles. The molecule has 4 N–H and O–H groups in total. The number of aliphatic carboxylic acids is 1. The lowest BCUT2D eigenvalue weighted by Gasteiger charge is -2.17. The molecule has 0 heterocycles. The van der Waals surface area contributed by atoms with Gasteiger partial charge < -0.3 is 29.9 Å². The van der Waals surface area contributed by atoms with Crippen molar-refractivity contribution < 1.29 is 44.3 Å². The molecule has 10 heteroatoms. The van der Waals surface area contributed by atoms with Crippen LogP contribution < -0.4 is 0 Å². The molecule has 0 amide bonds. The second kappa shape index (κ2) is 26.5. The van der Waals surface area contributed by atoms with Crippen molar-refractivity contribution in [3.63, 3.8) is 0 Å². The number of hydrogen-bond acceptors (Lipinski definition) is 9. The predicted octanol–water partition coefficient (Wildman–Crippen LogP) is 0.383. The van der Waals surface area contributed by atoms with E-state index in [2.05, 4.69) is 29.2 Å². The SMILES string of the molecule is C=C(C)C(=O)O.C=C(C)C(=O)OC.C=CC(=O)OCC.OCCN(CCO)CCO. The molecule has 0 saturated carbocycles. The summed E-state index contributed by atoms with van der Waals surface area (Å²) >= 11 is 0. The fourth-order valence-corrected chi connectivity index (χ4v) is 1.14. The molecule has 0 aliphatic carbocycles. The first-order valence-electron chi connectivity index (χ1n) is 8.95. The molecular formula is C20H37NO9. The Bertz CT molecular complexity index is 476. The molecule has 176 valence electrons. The Kier molecular flexibility index (Phi) is 30.8. The first-order chi connectivity index (χ1) is 14.0. The Hall–Kier alpha value is -2.53. The van der Waals surface area contributed by atoms with E-state index in [1.165, 1.54) is 14.0 Å². The minimum Gasteiger partial charge on any atom is -0.478 e. The van der Waals surface area contributed by atoms with Gasteiger partial charge in [-0.1, -0.05) is 19.7 Å². The van der Waals surface area contributed by atoms with Gasteiger partial charge in [-0.25, -0.2) is 14.4 Å². The average Bonchev–Trinajstić information content (AvgIpc) is 2.69. The van der Waals surface area contributed by atoms with Gasteiger partial charge in [0.25, 0.3) is 0 Å². The second-order valence-electron chi connectivity index (χ2n) is 5.33. The Morgan fingerprint density at radius 1 is 0.933 bits per heavy atom. The molecule has 0 unspecified atom stereocenters. The summed E-state index contributed by atoms with van der Waals surface area (Å²) in [6.07, 6.45) is 1.14. The summed E-state index contributed by atoms with van der Waals surface area (Å²) in [5.74, 6) is -1.64. The van der Waals surface area contributed by atoms with Crippen LogP contribution in [-0.4, -0.2) is 96.4 Å². The quantitative estimate of drug-likeness (QED) is 0.280. The summed E-state index contributed by atoms with van der Waals surface area (Å²) < 4.78 is 8.71. The van der Waals surface area contributed by atoms with E-state index >= 15 is 0 Å². The van der Waals surface area contributed by atoms with Gasteiger partial charge in [-0.05, 0) is 20.8 Å². The monoisotopic (exact) mass is 435 g/mol. The van der Waals surface area contributed by atoms with Crippen LogP contribution in [0.2, 0.25) is 0 Å². The number of carbonyl (C=O) groups is 3. The molecular weight excluding hydrogens is 398 g/mol. The first-order valence-corrected chi connectivity index (χ1v) is 8.95. The van der Waals surface area contributed by atoms with E-state index in [1.807, 2.05) is 0 Å². The van der Waals surface area contributed by atoms with E-state index < -0.39 is 5.97 Å². The minimum atomic E-state index is -0.935. The lowest BCUT2D eigenvalue weighted by atomic mass is 10.4. The van der Waals surface area contributed by atoms with E-state index in [-0.39, 0.29) is 37.3 Å². The van der Waals surface area contributed by atoms with Gasteiger partial charge >= 0.3 is 17.9 Å². The van der Waals surface area contributed by atoms with Crippen molar-refractivity contribution in [3.05, 3.63) is 37.0 Å². The normalized spacial score (nSPS) is 8.67. The van der Waals surface area contributed by atoms with Gasteiger partial charge in [0.1, 0.15) is 0 Å². The van der Waals surface area contributed by atoms with Gasteiger partial charge in [0, 0.05) is 36.9 Å². The first kappa shape index (κ1) is 34.9. The largest absolute Gasteiger partial charge is 0.478 e. The van der Waals surface area contributed by atoms with Crippen LogP contribution in [0.15, 0.2) is 37.0 Å². The van der Waals surface area contributed by atoms with Gasteiger partial charge in [-0.15, -0.1) is 0 Å². The Balaban J connectivity index is -0.000000153. The summed E-state index contributed by atoms with van der Waals surface area (Å²) in [6.45, 7) is 16.7. The summed E-state index contributed by atoms with van der Waals surface area (Å²) in [5.41, 5.74) is 0.609. The minimum absolute atomic E-state index is 0.0694. The summed E-state index contributed by atoms with van der Waals surface area (Å²) in [5, 5.41) is 33.3. The zero-order valence-corrected chi connectivity index (χ0v) is 18.4. The second-order valence-corrected chi connectivity index (χ2v) is 5.33. The number of carboxylic acid groups (broad SMARTS) is 1. The highest BCUT2D eigenvalue weighted by Crippen LogP contribution is 1.87. The highest BCUT2D eigenvalue weighted by atomic mass is 16.5. The van der Waals surface area contributed by atoms with Crippen LogP contribution in [0, 0.1) is 0 Å². The van der Waals surface area contributed by atoms with Crippen LogP contribution >= 0.6 is 0 Å². The van der Waals surface area contributed by atoms with Gasteiger partial charge in [-0.3, -0.25) is 4.90 Å². The Morgan fingerprint density at radius 2 is 1.30 bits per heavy atom. The Labute approximate surface area is 178 Å². The number of hydrogen-bond donors (Lipinski definition) is 4. The molecule has 30 heavy (non-hydrogen) atoms. The molecule has 0 aliphatic heterocycles.